The minimum absolute atomic E-state index is 0.0128. The summed E-state index contributed by atoms with van der Waals surface area (Å²) in [4.78, 5) is 8.34. The number of nitrogens with zero attached hydrogens (tertiary/aromatic N) is 3. The van der Waals surface area contributed by atoms with Gasteiger partial charge in [-0.15, -0.1) is 0 Å². The molecule has 1 fully saturated rings. The highest BCUT2D eigenvalue weighted by atomic mass is 15.3. The summed E-state index contributed by atoms with van der Waals surface area (Å²) in [5.74, 6) is 0. The fourth-order valence-electron chi connectivity index (χ4n) is 16.4. The van der Waals surface area contributed by atoms with E-state index in [0.717, 1.165) is 25.7 Å². The third-order valence-corrected chi connectivity index (χ3v) is 21.7. The first-order valence-corrected chi connectivity index (χ1v) is 30.4. The van der Waals surface area contributed by atoms with Gasteiger partial charge in [0.15, 0.2) is 0 Å². The highest BCUT2D eigenvalue weighted by molar-refractivity contribution is 7.00. The first-order chi connectivity index (χ1) is 38.0. The molecule has 3 nitrogen and oxygen atoms in total. The largest absolute Gasteiger partial charge is 0.334 e. The minimum atomic E-state index is -0.149. The van der Waals surface area contributed by atoms with Gasteiger partial charge in [0.25, 0.3) is 6.71 Å². The molecule has 80 heavy (non-hydrogen) atoms. The molecule has 0 N–H and O–H groups in total. The summed E-state index contributed by atoms with van der Waals surface area (Å²) in [5.41, 5.74) is 28.0. The minimum Gasteiger partial charge on any atom is -0.334 e. The van der Waals surface area contributed by atoms with Crippen LogP contribution in [0.25, 0.3) is 22.3 Å². The summed E-state index contributed by atoms with van der Waals surface area (Å²) in [7, 11) is 0. The molecule has 0 radical (unpaired) electrons. The van der Waals surface area contributed by atoms with Crippen LogP contribution in [0.5, 0.6) is 0 Å². The maximum absolute atomic E-state index is 2.84. The van der Waals surface area contributed by atoms with Crippen LogP contribution < -0.4 is 31.1 Å². The van der Waals surface area contributed by atoms with Crippen LogP contribution in [-0.4, -0.2) is 12.3 Å². The van der Waals surface area contributed by atoms with E-state index in [0.29, 0.717) is 0 Å². The maximum Gasteiger partial charge on any atom is 0.252 e. The standard InChI is InChI=1S/C76H82BN3/c1-70(2,3)52-31-35-63(55(43-52)50-26-18-15-19-27-50)79-65-42-51(49-24-16-14-17-25-49)30-34-61(65)77-62-47-59-60(74(10,11)41-40-73(59,8)9)48-66(62)78(53-32-33-56-58(44-53)72(6,7)39-38-71(56,4)5)67-45-54(46-68(79)69(67)77)80-64-29-21-20-28-57(64)75(12)36-22-23-37-76(75,80)13/h14-21,24-35,42-48H,22-23,36-41H2,1-13H3. The molecule has 0 saturated heterocycles. The third-order valence-electron chi connectivity index (χ3n) is 21.7. The normalized spacial score (nSPS) is 22.3. The number of fused-ring (bicyclic) bond motifs is 9. The van der Waals surface area contributed by atoms with Gasteiger partial charge in [0.05, 0.1) is 11.2 Å². The quantitative estimate of drug-likeness (QED) is 0.159. The van der Waals surface area contributed by atoms with Crippen molar-refractivity contribution in [2.75, 3.05) is 14.7 Å². The van der Waals surface area contributed by atoms with Gasteiger partial charge in [0.1, 0.15) is 0 Å². The van der Waals surface area contributed by atoms with E-state index in [1.54, 1.807) is 0 Å². The van der Waals surface area contributed by atoms with Crippen molar-refractivity contribution in [3.8, 4) is 22.3 Å². The van der Waals surface area contributed by atoms with Crippen molar-refractivity contribution < 1.29 is 0 Å². The zero-order valence-corrected chi connectivity index (χ0v) is 50.2. The molecule has 14 rings (SSSR count). The predicted octanol–water partition coefficient (Wildman–Crippen LogP) is 18.8. The van der Waals surface area contributed by atoms with Crippen LogP contribution in [-0.2, 0) is 32.5 Å². The molecule has 2 atom stereocenters. The van der Waals surface area contributed by atoms with Crippen LogP contribution in [0, 0.1) is 0 Å². The van der Waals surface area contributed by atoms with Crippen LogP contribution in [0.4, 0.5) is 45.5 Å². The van der Waals surface area contributed by atoms with Gasteiger partial charge in [-0.3, -0.25) is 0 Å². The SMILES string of the molecule is CC(C)(C)c1ccc(N2c3cc(-c4ccccc4)ccc3B3c4cc5c(cc4N(c4ccc6c(c4)C(C)(C)CCC6(C)C)c4cc(N6c7ccccc7C7(C)CCCCC67C)cc2c43)C(C)(C)CCC5(C)C)c(-c2ccccc2)c1. The average molecular weight is 1050 g/mol. The number of anilines is 8. The summed E-state index contributed by atoms with van der Waals surface area (Å²) in [6, 6.07) is 65.1. The van der Waals surface area contributed by atoms with E-state index >= 15 is 0 Å². The topological polar surface area (TPSA) is 9.72 Å². The molecule has 404 valence electrons. The van der Waals surface area contributed by atoms with Gasteiger partial charge >= 0.3 is 0 Å². The Labute approximate surface area is 479 Å². The van der Waals surface area contributed by atoms with Crippen LogP contribution in [0.15, 0.2) is 164 Å². The van der Waals surface area contributed by atoms with E-state index in [-0.39, 0.29) is 44.7 Å². The molecule has 0 amide bonds. The van der Waals surface area contributed by atoms with Crippen LogP contribution in [0.1, 0.15) is 175 Å². The Morgan fingerprint density at radius 1 is 0.375 bits per heavy atom. The highest BCUT2D eigenvalue weighted by Crippen LogP contribution is 2.62. The van der Waals surface area contributed by atoms with Gasteiger partial charge in [0.2, 0.25) is 0 Å². The lowest BCUT2D eigenvalue weighted by Crippen LogP contribution is -2.62. The van der Waals surface area contributed by atoms with Crippen molar-refractivity contribution >= 4 is 68.6 Å². The van der Waals surface area contributed by atoms with E-state index in [1.165, 1.54) is 143 Å². The van der Waals surface area contributed by atoms with Gasteiger partial charge < -0.3 is 14.7 Å². The van der Waals surface area contributed by atoms with Crippen LogP contribution >= 0.6 is 0 Å². The first-order valence-electron chi connectivity index (χ1n) is 30.4. The van der Waals surface area contributed by atoms with Gasteiger partial charge in [-0.2, -0.15) is 0 Å². The lowest BCUT2D eigenvalue weighted by molar-refractivity contribution is 0.195. The average Bonchev–Trinajstić information content (AvgIpc) is 3.86. The number of benzene rings is 8. The van der Waals surface area contributed by atoms with E-state index in [1.807, 2.05) is 0 Å². The van der Waals surface area contributed by atoms with Gasteiger partial charge in [-0.1, -0.05) is 205 Å². The van der Waals surface area contributed by atoms with Crippen molar-refractivity contribution in [1.29, 1.82) is 0 Å². The third kappa shape index (κ3) is 7.44. The number of hydrogen-bond acceptors (Lipinski definition) is 3. The van der Waals surface area contributed by atoms with E-state index in [2.05, 4.69) is 269 Å². The molecule has 0 spiro atoms. The first kappa shape index (κ1) is 51.4. The second kappa shape index (κ2) is 17.4. The Bertz CT molecular complexity index is 3840. The van der Waals surface area contributed by atoms with Crippen molar-refractivity contribution in [2.24, 2.45) is 0 Å². The van der Waals surface area contributed by atoms with Crippen molar-refractivity contribution in [3.63, 3.8) is 0 Å². The van der Waals surface area contributed by atoms with Gasteiger partial charge in [-0.25, -0.2) is 0 Å². The predicted molar refractivity (Wildman–Crippen MR) is 343 cm³/mol. The molecule has 8 aromatic rings. The summed E-state index contributed by atoms with van der Waals surface area (Å²) < 4.78 is 0. The molecule has 3 aliphatic heterocycles. The molecule has 2 unspecified atom stereocenters. The maximum atomic E-state index is 2.84. The molecule has 1 saturated carbocycles. The summed E-state index contributed by atoms with van der Waals surface area (Å²) in [6.07, 6.45) is 9.45. The summed E-state index contributed by atoms with van der Waals surface area (Å²) in [6.45, 7) is 32.2. The van der Waals surface area contributed by atoms with Crippen molar-refractivity contribution in [2.45, 2.75) is 179 Å². The zero-order valence-electron chi connectivity index (χ0n) is 50.2. The molecule has 6 aliphatic rings. The lowest BCUT2D eigenvalue weighted by atomic mass is 9.33. The van der Waals surface area contributed by atoms with Crippen molar-refractivity contribution in [3.05, 3.63) is 197 Å². The Hall–Kier alpha value is -6.78. The highest BCUT2D eigenvalue weighted by Gasteiger charge is 2.58. The number of hydrogen-bond donors (Lipinski definition) is 0. The second-order valence-electron chi connectivity index (χ2n) is 29.4. The monoisotopic (exact) mass is 1050 g/mol. The molecular weight excluding hydrogens is 966 g/mol. The van der Waals surface area contributed by atoms with Gasteiger partial charge in [-0.05, 0) is 194 Å². The zero-order chi connectivity index (χ0) is 55.7. The van der Waals surface area contributed by atoms with Crippen molar-refractivity contribution in [1.82, 2.24) is 0 Å². The van der Waals surface area contributed by atoms with Crippen LogP contribution in [0.3, 0.4) is 0 Å². The summed E-state index contributed by atoms with van der Waals surface area (Å²) >= 11 is 0. The Balaban J connectivity index is 1.16. The van der Waals surface area contributed by atoms with E-state index < -0.39 is 0 Å². The number of rotatable bonds is 5. The molecule has 8 aromatic carbocycles. The van der Waals surface area contributed by atoms with E-state index in [9.17, 15) is 0 Å². The van der Waals surface area contributed by atoms with Gasteiger partial charge in [0, 0.05) is 50.8 Å². The Morgan fingerprint density at radius 2 is 0.950 bits per heavy atom. The smallest absolute Gasteiger partial charge is 0.252 e. The summed E-state index contributed by atoms with van der Waals surface area (Å²) in [5, 5.41) is 0. The Morgan fingerprint density at radius 3 is 1.62 bits per heavy atom. The molecular formula is C76H82BN3. The molecule has 3 heterocycles. The molecule has 0 bridgehead atoms. The van der Waals surface area contributed by atoms with Crippen LogP contribution in [0.2, 0.25) is 0 Å². The second-order valence-corrected chi connectivity index (χ2v) is 29.4. The van der Waals surface area contributed by atoms with E-state index in [4.69, 9.17) is 0 Å². The number of para-hydroxylation sites is 1. The molecule has 3 aliphatic carbocycles. The molecule has 4 heteroatoms. The molecule has 0 aromatic heterocycles. The fraction of sp³-hybridized carbons (Fsp3) is 0.368. The lowest BCUT2D eigenvalue weighted by Gasteiger charge is -2.51. The Kier molecular flexibility index (Phi) is 11.2. The fourth-order valence-corrected chi connectivity index (χ4v) is 16.4.